The second kappa shape index (κ2) is 3.01. The van der Waals surface area contributed by atoms with Crippen molar-refractivity contribution in [3.63, 3.8) is 0 Å². The van der Waals surface area contributed by atoms with E-state index in [0.717, 1.165) is 0 Å². The summed E-state index contributed by atoms with van der Waals surface area (Å²) in [5, 5.41) is 0. The van der Waals surface area contributed by atoms with Gasteiger partial charge in [0.25, 0.3) is 0 Å². The second-order valence-electron chi connectivity index (χ2n) is 1.71. The van der Waals surface area contributed by atoms with E-state index in [1.54, 1.807) is 24.4 Å². The van der Waals surface area contributed by atoms with Gasteiger partial charge in [-0.3, -0.25) is 0 Å². The first-order valence-corrected chi connectivity index (χ1v) is 2.84. The minimum Gasteiger partial charge on any atom is -0.539 e. The normalized spacial score (nSPS) is 8.80. The Bertz CT molecular complexity index is 224. The molecule has 0 saturated heterocycles. The van der Waals surface area contributed by atoms with Crippen LogP contribution in [0.25, 0.3) is 0 Å². The zero-order valence-corrected chi connectivity index (χ0v) is 5.57. The van der Waals surface area contributed by atoms with Crippen molar-refractivity contribution >= 4 is 14.0 Å². The van der Waals surface area contributed by atoms with Gasteiger partial charge in [-0.05, 0) is 12.1 Å². The van der Waals surface area contributed by atoms with Crippen LogP contribution in [0.15, 0.2) is 24.4 Å². The molecule has 0 aliphatic heterocycles. The van der Waals surface area contributed by atoms with E-state index < -0.39 is 5.97 Å². The van der Waals surface area contributed by atoms with Crippen LogP contribution in [0.2, 0.25) is 0 Å². The maximum absolute atomic E-state index is 10.7. The average molecular weight is 135 g/mol. The van der Waals surface area contributed by atoms with E-state index in [1.165, 1.54) is 8.05 Å². The van der Waals surface area contributed by atoms with Gasteiger partial charge in [-0.2, -0.15) is 0 Å². The van der Waals surface area contributed by atoms with Gasteiger partial charge >= 0.3 is 14.0 Å². The van der Waals surface area contributed by atoms with Gasteiger partial charge in [-0.1, -0.05) is 6.07 Å². The van der Waals surface area contributed by atoms with E-state index in [-0.39, 0.29) is 0 Å². The summed E-state index contributed by atoms with van der Waals surface area (Å²) < 4.78 is 4.43. The van der Waals surface area contributed by atoms with Gasteiger partial charge in [-0.25, -0.2) is 9.78 Å². The standard InChI is InChI=1S/C6H6BNO2/c7-10-6(9)5-3-1-2-4-8-5/h1-4H,7H2. The lowest BCUT2D eigenvalue weighted by molar-refractivity contribution is 0.0743. The Morgan fingerprint density at radius 3 is 2.90 bits per heavy atom. The first-order chi connectivity index (χ1) is 4.84. The molecule has 50 valence electrons. The van der Waals surface area contributed by atoms with Gasteiger partial charge in [0.05, 0.1) is 0 Å². The molecule has 0 saturated carbocycles. The molecular formula is C6H6BNO2. The number of aromatic nitrogens is 1. The molecule has 10 heavy (non-hydrogen) atoms. The predicted molar refractivity (Wildman–Crippen MR) is 38.2 cm³/mol. The van der Waals surface area contributed by atoms with Crippen molar-refractivity contribution in [1.29, 1.82) is 0 Å². The van der Waals surface area contributed by atoms with Gasteiger partial charge < -0.3 is 4.65 Å². The Labute approximate surface area is 59.5 Å². The Hall–Kier alpha value is -1.32. The minimum atomic E-state index is -0.402. The number of hydrogen-bond donors (Lipinski definition) is 0. The lowest BCUT2D eigenvalue weighted by Gasteiger charge is -1.95. The summed E-state index contributed by atoms with van der Waals surface area (Å²) in [7, 11) is 1.33. The summed E-state index contributed by atoms with van der Waals surface area (Å²) in [5.74, 6) is -0.402. The summed E-state index contributed by atoms with van der Waals surface area (Å²) in [6.07, 6.45) is 1.55. The second-order valence-corrected chi connectivity index (χ2v) is 1.71. The lowest BCUT2D eigenvalue weighted by atomic mass is 10.3. The molecule has 0 aromatic carbocycles. The molecule has 0 amide bonds. The van der Waals surface area contributed by atoms with Crippen molar-refractivity contribution in [2.75, 3.05) is 0 Å². The fraction of sp³-hybridized carbons (Fsp3) is 0. The Morgan fingerprint density at radius 2 is 2.40 bits per heavy atom. The van der Waals surface area contributed by atoms with E-state index in [4.69, 9.17) is 0 Å². The highest BCUT2D eigenvalue weighted by Crippen LogP contribution is 1.93. The zero-order chi connectivity index (χ0) is 7.40. The van der Waals surface area contributed by atoms with Crippen LogP contribution in [0.3, 0.4) is 0 Å². The Balaban J connectivity index is 2.85. The highest BCUT2D eigenvalue weighted by atomic mass is 16.5. The molecule has 0 radical (unpaired) electrons. The largest absolute Gasteiger partial charge is 0.539 e. The topological polar surface area (TPSA) is 39.2 Å². The Kier molecular flexibility index (Phi) is 2.05. The maximum Gasteiger partial charge on any atom is 0.338 e. The van der Waals surface area contributed by atoms with Crippen molar-refractivity contribution in [1.82, 2.24) is 4.98 Å². The van der Waals surface area contributed by atoms with Crippen LogP contribution in [-0.4, -0.2) is 19.0 Å². The van der Waals surface area contributed by atoms with Crippen molar-refractivity contribution in [3.05, 3.63) is 30.1 Å². The molecule has 0 spiro atoms. The van der Waals surface area contributed by atoms with Crippen molar-refractivity contribution in [2.45, 2.75) is 0 Å². The van der Waals surface area contributed by atoms with Crippen molar-refractivity contribution in [3.8, 4) is 0 Å². The van der Waals surface area contributed by atoms with E-state index in [1.807, 2.05) is 0 Å². The number of nitrogens with zero attached hydrogens (tertiary/aromatic N) is 1. The SMILES string of the molecule is BOC(=O)c1ccccn1. The quantitative estimate of drug-likeness (QED) is 0.500. The molecule has 0 atom stereocenters. The summed E-state index contributed by atoms with van der Waals surface area (Å²) >= 11 is 0. The molecule has 1 heterocycles. The van der Waals surface area contributed by atoms with Crippen molar-refractivity contribution < 1.29 is 9.45 Å². The number of carbonyl (C=O) groups is 1. The highest BCUT2D eigenvalue weighted by Gasteiger charge is 2.02. The Morgan fingerprint density at radius 1 is 1.60 bits per heavy atom. The average Bonchev–Trinajstić information content (AvgIpc) is 2.05. The van der Waals surface area contributed by atoms with Crippen LogP contribution in [-0.2, 0) is 4.65 Å². The van der Waals surface area contributed by atoms with Crippen LogP contribution in [0.4, 0.5) is 0 Å². The first kappa shape index (κ1) is 6.80. The molecule has 1 aromatic heterocycles. The molecule has 3 nitrogen and oxygen atoms in total. The number of hydrogen-bond acceptors (Lipinski definition) is 3. The van der Waals surface area contributed by atoms with E-state index >= 15 is 0 Å². The van der Waals surface area contributed by atoms with Crippen molar-refractivity contribution in [2.24, 2.45) is 0 Å². The van der Waals surface area contributed by atoms with E-state index in [9.17, 15) is 4.79 Å². The smallest absolute Gasteiger partial charge is 0.338 e. The van der Waals surface area contributed by atoms with Gasteiger partial charge in [-0.15, -0.1) is 0 Å². The molecule has 0 fully saturated rings. The molecule has 0 aliphatic rings. The zero-order valence-electron chi connectivity index (χ0n) is 5.57. The number of rotatable bonds is 1. The van der Waals surface area contributed by atoms with Gasteiger partial charge in [0.1, 0.15) is 5.69 Å². The van der Waals surface area contributed by atoms with Gasteiger partial charge in [0.15, 0.2) is 0 Å². The highest BCUT2D eigenvalue weighted by molar-refractivity contribution is 6.08. The fourth-order valence-electron chi connectivity index (χ4n) is 0.588. The van der Waals surface area contributed by atoms with E-state index in [2.05, 4.69) is 9.64 Å². The molecule has 0 unspecified atom stereocenters. The minimum absolute atomic E-state index is 0.338. The third kappa shape index (κ3) is 1.34. The number of pyridine rings is 1. The molecule has 4 heteroatoms. The summed E-state index contributed by atoms with van der Waals surface area (Å²) in [6, 6.07) is 5.08. The first-order valence-electron chi connectivity index (χ1n) is 2.84. The molecule has 1 aromatic rings. The predicted octanol–water partition coefficient (Wildman–Crippen LogP) is -0.214. The van der Waals surface area contributed by atoms with Crippen LogP contribution in [0.5, 0.6) is 0 Å². The monoisotopic (exact) mass is 135 g/mol. The maximum atomic E-state index is 10.7. The summed E-state index contributed by atoms with van der Waals surface area (Å²) in [6.45, 7) is 0. The summed E-state index contributed by atoms with van der Waals surface area (Å²) in [4.78, 5) is 14.5. The molecule has 0 N–H and O–H groups in total. The lowest BCUT2D eigenvalue weighted by Crippen LogP contribution is -2.03. The van der Waals surface area contributed by atoms with Gasteiger partial charge in [0, 0.05) is 6.20 Å². The molecule has 1 rings (SSSR count). The summed E-state index contributed by atoms with van der Waals surface area (Å²) in [5.41, 5.74) is 0.338. The van der Waals surface area contributed by atoms with Crippen LogP contribution >= 0.6 is 0 Å². The van der Waals surface area contributed by atoms with Crippen LogP contribution in [0.1, 0.15) is 10.5 Å². The fourth-order valence-corrected chi connectivity index (χ4v) is 0.588. The number of carbonyl (C=O) groups excluding carboxylic acids is 1. The molecular weight excluding hydrogens is 129 g/mol. The van der Waals surface area contributed by atoms with Gasteiger partial charge in [0.2, 0.25) is 0 Å². The third-order valence-electron chi connectivity index (χ3n) is 1.06. The van der Waals surface area contributed by atoms with Crippen LogP contribution < -0.4 is 0 Å². The van der Waals surface area contributed by atoms with Crippen LogP contribution in [0, 0.1) is 0 Å². The third-order valence-corrected chi connectivity index (χ3v) is 1.06. The molecule has 0 bridgehead atoms. The van der Waals surface area contributed by atoms with E-state index in [0.29, 0.717) is 5.69 Å². The molecule has 0 aliphatic carbocycles.